The molecule has 5 rings (SSSR count). The summed E-state index contributed by atoms with van der Waals surface area (Å²) in [4.78, 5) is 32.6. The zero-order chi connectivity index (χ0) is 21.9. The van der Waals surface area contributed by atoms with Crippen LogP contribution in [0.2, 0.25) is 0 Å². The van der Waals surface area contributed by atoms with Gasteiger partial charge < -0.3 is 24.2 Å². The van der Waals surface area contributed by atoms with E-state index in [1.807, 2.05) is 36.4 Å². The molecule has 0 spiro atoms. The highest BCUT2D eigenvalue weighted by molar-refractivity contribution is 5.96. The minimum Gasteiger partial charge on any atom is -0.486 e. The summed E-state index contributed by atoms with van der Waals surface area (Å²) < 4.78 is 16.3. The fourth-order valence-electron chi connectivity index (χ4n) is 3.60. The number of fused-ring (bicyclic) bond motifs is 1. The van der Waals surface area contributed by atoms with E-state index in [9.17, 15) is 9.59 Å². The Kier molecular flexibility index (Phi) is 5.32. The van der Waals surface area contributed by atoms with Crippen molar-refractivity contribution in [3.8, 4) is 22.9 Å². The first-order valence-electron chi connectivity index (χ1n) is 10.3. The lowest BCUT2D eigenvalue weighted by Crippen LogP contribution is -2.39. The summed E-state index contributed by atoms with van der Waals surface area (Å²) >= 11 is 0. The smallest absolute Gasteiger partial charge is 0.325 e. The van der Waals surface area contributed by atoms with Gasteiger partial charge in [0.2, 0.25) is 17.6 Å². The van der Waals surface area contributed by atoms with Gasteiger partial charge in [0.25, 0.3) is 0 Å². The van der Waals surface area contributed by atoms with Crippen LogP contribution in [0.5, 0.6) is 11.5 Å². The Morgan fingerprint density at radius 3 is 2.69 bits per heavy atom. The van der Waals surface area contributed by atoms with Crippen LogP contribution in [-0.4, -0.2) is 59.8 Å². The number of nitrogens with one attached hydrogen (secondary N) is 1. The summed E-state index contributed by atoms with van der Waals surface area (Å²) in [7, 11) is 0. The number of amides is 3. The van der Waals surface area contributed by atoms with Crippen LogP contribution < -0.4 is 19.7 Å². The largest absolute Gasteiger partial charge is 0.486 e. The molecule has 2 aliphatic rings. The van der Waals surface area contributed by atoms with Crippen molar-refractivity contribution < 1.29 is 23.6 Å². The Balaban J connectivity index is 1.15. The van der Waals surface area contributed by atoms with Crippen molar-refractivity contribution in [3.63, 3.8) is 0 Å². The van der Waals surface area contributed by atoms with Crippen LogP contribution in [-0.2, 0) is 11.3 Å². The summed E-state index contributed by atoms with van der Waals surface area (Å²) in [6.07, 6.45) is 0. The molecule has 0 bridgehead atoms. The van der Waals surface area contributed by atoms with Gasteiger partial charge in [0.1, 0.15) is 19.8 Å². The minimum atomic E-state index is -0.304. The molecule has 3 aromatic rings. The Hall–Kier alpha value is -4.08. The lowest BCUT2D eigenvalue weighted by Gasteiger charge is -2.22. The van der Waals surface area contributed by atoms with E-state index in [0.29, 0.717) is 55.2 Å². The summed E-state index contributed by atoms with van der Waals surface area (Å²) in [5, 5.41) is 6.65. The normalized spacial score (nSPS) is 15.2. The number of carbonyl (C=O) groups is 2. The van der Waals surface area contributed by atoms with Crippen molar-refractivity contribution in [2.75, 3.05) is 37.7 Å². The molecular weight excluding hydrogens is 414 g/mol. The zero-order valence-corrected chi connectivity index (χ0v) is 17.2. The van der Waals surface area contributed by atoms with Gasteiger partial charge in [-0.2, -0.15) is 4.98 Å². The molecule has 0 saturated carbocycles. The fraction of sp³-hybridized carbons (Fsp3) is 0.273. The van der Waals surface area contributed by atoms with E-state index in [-0.39, 0.29) is 25.0 Å². The fourth-order valence-corrected chi connectivity index (χ4v) is 3.60. The molecule has 164 valence electrons. The highest BCUT2D eigenvalue weighted by atomic mass is 16.6. The van der Waals surface area contributed by atoms with Crippen molar-refractivity contribution in [2.45, 2.75) is 6.54 Å². The highest BCUT2D eigenvalue weighted by Crippen LogP contribution is 2.35. The zero-order valence-electron chi connectivity index (χ0n) is 17.2. The van der Waals surface area contributed by atoms with E-state index < -0.39 is 0 Å². The van der Waals surface area contributed by atoms with E-state index in [2.05, 4.69) is 15.5 Å². The van der Waals surface area contributed by atoms with Crippen molar-refractivity contribution >= 4 is 17.6 Å². The van der Waals surface area contributed by atoms with Crippen molar-refractivity contribution in [1.29, 1.82) is 0 Å². The maximum absolute atomic E-state index is 12.8. The summed E-state index contributed by atoms with van der Waals surface area (Å²) in [5.74, 6) is 1.73. The summed E-state index contributed by atoms with van der Waals surface area (Å²) in [5.41, 5.74) is 1.54. The van der Waals surface area contributed by atoms with Gasteiger partial charge in [0, 0.05) is 30.4 Å². The standard InChI is InChI=1S/C22H21N5O5/c28-19(23-13-20-24-21(25-32-20)15-4-2-1-3-5-15)14-26-8-9-27(22(26)29)16-6-7-17-18(12-16)31-11-10-30-17/h1-7,12H,8-11,13-14H2,(H,23,28). The maximum Gasteiger partial charge on any atom is 0.325 e. The predicted octanol–water partition coefficient (Wildman–Crippen LogP) is 2.07. The Labute approximate surface area is 183 Å². The first-order valence-corrected chi connectivity index (χ1v) is 10.3. The number of urea groups is 1. The molecule has 0 aliphatic carbocycles. The van der Waals surface area contributed by atoms with Gasteiger partial charge >= 0.3 is 6.03 Å². The highest BCUT2D eigenvalue weighted by Gasteiger charge is 2.31. The van der Waals surface area contributed by atoms with Crippen molar-refractivity contribution in [2.24, 2.45) is 0 Å². The topological polar surface area (TPSA) is 110 Å². The molecule has 1 N–H and O–H groups in total. The molecule has 32 heavy (non-hydrogen) atoms. The molecular formula is C22H21N5O5. The van der Waals surface area contributed by atoms with Crippen LogP contribution in [0.25, 0.3) is 11.4 Å². The Bertz CT molecular complexity index is 1130. The van der Waals surface area contributed by atoms with E-state index >= 15 is 0 Å². The van der Waals surface area contributed by atoms with E-state index in [1.54, 1.807) is 17.0 Å². The SMILES string of the molecule is O=C(CN1CCN(c2ccc3c(c2)OCCO3)C1=O)NCc1nc(-c2ccccc2)no1. The quantitative estimate of drug-likeness (QED) is 0.631. The molecule has 2 aromatic carbocycles. The minimum absolute atomic E-state index is 0.0560. The van der Waals surface area contributed by atoms with Gasteiger partial charge in [0.15, 0.2) is 11.5 Å². The van der Waals surface area contributed by atoms with Crippen LogP contribution in [0.1, 0.15) is 5.89 Å². The van der Waals surface area contributed by atoms with Gasteiger partial charge in [-0.15, -0.1) is 0 Å². The number of carbonyl (C=O) groups excluding carboxylic acids is 2. The lowest BCUT2D eigenvalue weighted by molar-refractivity contribution is -0.121. The molecule has 1 saturated heterocycles. The van der Waals surface area contributed by atoms with Gasteiger partial charge in [-0.1, -0.05) is 35.5 Å². The molecule has 2 aliphatic heterocycles. The second kappa shape index (κ2) is 8.58. The average Bonchev–Trinajstić information content (AvgIpc) is 3.45. The maximum atomic E-state index is 12.8. The number of rotatable bonds is 6. The summed E-state index contributed by atoms with van der Waals surface area (Å²) in [6, 6.07) is 14.6. The second-order valence-corrected chi connectivity index (χ2v) is 7.34. The average molecular weight is 435 g/mol. The molecule has 0 atom stereocenters. The number of nitrogens with zero attached hydrogens (tertiary/aromatic N) is 4. The molecule has 10 nitrogen and oxygen atoms in total. The first-order chi connectivity index (χ1) is 15.7. The van der Waals surface area contributed by atoms with Crippen molar-refractivity contribution in [1.82, 2.24) is 20.4 Å². The van der Waals surface area contributed by atoms with Crippen LogP contribution in [0.15, 0.2) is 53.1 Å². The number of anilines is 1. The van der Waals surface area contributed by atoms with Crippen LogP contribution >= 0.6 is 0 Å². The van der Waals surface area contributed by atoms with Gasteiger partial charge in [-0.05, 0) is 12.1 Å². The third kappa shape index (κ3) is 4.07. The van der Waals surface area contributed by atoms with Crippen molar-refractivity contribution in [3.05, 3.63) is 54.4 Å². The van der Waals surface area contributed by atoms with Crippen LogP contribution in [0, 0.1) is 0 Å². The third-order valence-electron chi connectivity index (χ3n) is 5.20. The van der Waals surface area contributed by atoms with Crippen LogP contribution in [0.4, 0.5) is 10.5 Å². The summed E-state index contributed by atoms with van der Waals surface area (Å²) in [6.45, 7) is 1.94. The number of benzene rings is 2. The van der Waals surface area contributed by atoms with Gasteiger partial charge in [0.05, 0.1) is 6.54 Å². The van der Waals surface area contributed by atoms with E-state index in [1.165, 1.54) is 4.90 Å². The second-order valence-electron chi connectivity index (χ2n) is 7.34. The molecule has 1 fully saturated rings. The molecule has 3 heterocycles. The molecule has 1 aromatic heterocycles. The predicted molar refractivity (Wildman–Crippen MR) is 113 cm³/mol. The van der Waals surface area contributed by atoms with Gasteiger partial charge in [-0.3, -0.25) is 9.69 Å². The Morgan fingerprint density at radius 2 is 1.84 bits per heavy atom. The first kappa shape index (κ1) is 19.9. The number of aromatic nitrogens is 2. The van der Waals surface area contributed by atoms with Gasteiger partial charge in [-0.25, -0.2) is 4.79 Å². The van der Waals surface area contributed by atoms with Crippen LogP contribution in [0.3, 0.4) is 0 Å². The molecule has 3 amide bonds. The number of ether oxygens (including phenoxy) is 2. The number of hydrogen-bond donors (Lipinski definition) is 1. The molecule has 0 unspecified atom stereocenters. The third-order valence-corrected chi connectivity index (χ3v) is 5.20. The number of hydrogen-bond acceptors (Lipinski definition) is 7. The molecule has 0 radical (unpaired) electrons. The monoisotopic (exact) mass is 435 g/mol. The lowest BCUT2D eigenvalue weighted by atomic mass is 10.2. The molecule has 10 heteroatoms. The Morgan fingerprint density at radius 1 is 1.03 bits per heavy atom. The van der Waals surface area contributed by atoms with E-state index in [0.717, 1.165) is 5.56 Å². The van der Waals surface area contributed by atoms with E-state index in [4.69, 9.17) is 14.0 Å².